The van der Waals surface area contributed by atoms with Crippen molar-refractivity contribution >= 4 is 56.5 Å². The van der Waals surface area contributed by atoms with E-state index in [1.807, 2.05) is 29.6 Å². The second kappa shape index (κ2) is 8.26. The van der Waals surface area contributed by atoms with Crippen LogP contribution in [0.1, 0.15) is 0 Å². The van der Waals surface area contributed by atoms with Gasteiger partial charge in [0.25, 0.3) is 0 Å². The zero-order chi connectivity index (χ0) is 19.5. The highest BCUT2D eigenvalue weighted by molar-refractivity contribution is 8.00. The Hall–Kier alpha value is -2.48. The predicted octanol–water partition coefficient (Wildman–Crippen LogP) is 5.88. The lowest BCUT2D eigenvalue weighted by molar-refractivity contribution is -0.113. The van der Waals surface area contributed by atoms with Crippen LogP contribution in [0.25, 0.3) is 21.3 Å². The minimum Gasteiger partial charge on any atom is -0.323 e. The second-order valence-electron chi connectivity index (χ2n) is 5.83. The first-order valence-corrected chi connectivity index (χ1v) is 10.5. The Bertz CT molecular complexity index is 1150. The first-order chi connectivity index (χ1) is 13.6. The van der Waals surface area contributed by atoms with Gasteiger partial charge in [-0.3, -0.25) is 4.79 Å². The number of benzene rings is 2. The Labute approximate surface area is 173 Å². The molecule has 2 heterocycles. The number of carbonyl (C=O) groups excluding carboxylic acids is 1. The Morgan fingerprint density at radius 3 is 2.71 bits per heavy atom. The summed E-state index contributed by atoms with van der Waals surface area (Å²) in [7, 11) is 0. The largest absolute Gasteiger partial charge is 0.323 e. The van der Waals surface area contributed by atoms with E-state index in [0.29, 0.717) is 10.0 Å². The van der Waals surface area contributed by atoms with E-state index in [2.05, 4.69) is 15.3 Å². The third kappa shape index (κ3) is 4.01. The lowest BCUT2D eigenvalue weighted by Gasteiger charge is -2.07. The van der Waals surface area contributed by atoms with Crippen LogP contribution in [0.2, 0.25) is 5.02 Å². The SMILES string of the molecule is O=C(CSc1ncnc2scc(-c3ccc(Cl)cc3)c12)Nc1ccccc1F. The molecule has 0 atom stereocenters. The third-order valence-electron chi connectivity index (χ3n) is 3.98. The minimum atomic E-state index is -0.465. The number of amides is 1. The fourth-order valence-electron chi connectivity index (χ4n) is 2.68. The molecule has 0 aliphatic rings. The van der Waals surface area contributed by atoms with E-state index < -0.39 is 5.82 Å². The van der Waals surface area contributed by atoms with Gasteiger partial charge in [0.1, 0.15) is 22.0 Å². The average Bonchev–Trinajstić information content (AvgIpc) is 3.13. The summed E-state index contributed by atoms with van der Waals surface area (Å²) >= 11 is 8.80. The fraction of sp³-hybridized carbons (Fsp3) is 0.0500. The molecule has 0 spiro atoms. The van der Waals surface area contributed by atoms with Crippen LogP contribution < -0.4 is 5.32 Å². The molecule has 4 rings (SSSR count). The molecule has 0 bridgehead atoms. The Balaban J connectivity index is 1.57. The van der Waals surface area contributed by atoms with Gasteiger partial charge >= 0.3 is 0 Å². The van der Waals surface area contributed by atoms with Gasteiger partial charge in [0, 0.05) is 16.0 Å². The van der Waals surface area contributed by atoms with Crippen LogP contribution in [0.15, 0.2) is 65.3 Å². The van der Waals surface area contributed by atoms with E-state index in [0.717, 1.165) is 21.3 Å². The molecule has 1 N–H and O–H groups in total. The molecule has 0 saturated heterocycles. The molecule has 4 nitrogen and oxygen atoms in total. The van der Waals surface area contributed by atoms with Gasteiger partial charge in [-0.15, -0.1) is 11.3 Å². The molecular formula is C20H13ClFN3OS2. The fourth-order valence-corrected chi connectivity index (χ4v) is 4.60. The Morgan fingerprint density at radius 1 is 1.14 bits per heavy atom. The van der Waals surface area contributed by atoms with E-state index in [4.69, 9.17) is 11.6 Å². The summed E-state index contributed by atoms with van der Waals surface area (Å²) in [5, 5.41) is 6.88. The van der Waals surface area contributed by atoms with E-state index in [-0.39, 0.29) is 17.3 Å². The van der Waals surface area contributed by atoms with Crippen molar-refractivity contribution in [2.45, 2.75) is 5.03 Å². The van der Waals surface area contributed by atoms with Gasteiger partial charge in [-0.1, -0.05) is 47.6 Å². The van der Waals surface area contributed by atoms with Gasteiger partial charge in [0.05, 0.1) is 16.8 Å². The van der Waals surface area contributed by atoms with Crippen LogP contribution >= 0.6 is 34.7 Å². The summed E-state index contributed by atoms with van der Waals surface area (Å²) in [4.78, 5) is 21.8. The van der Waals surface area contributed by atoms with E-state index in [9.17, 15) is 9.18 Å². The first kappa shape index (κ1) is 18.9. The second-order valence-corrected chi connectivity index (χ2v) is 8.09. The number of thioether (sulfide) groups is 1. The molecule has 0 saturated carbocycles. The highest BCUT2D eigenvalue weighted by Gasteiger charge is 2.15. The number of rotatable bonds is 5. The molecular weight excluding hydrogens is 417 g/mol. The number of para-hydroxylation sites is 1. The van der Waals surface area contributed by atoms with E-state index >= 15 is 0 Å². The monoisotopic (exact) mass is 429 g/mol. The zero-order valence-corrected chi connectivity index (χ0v) is 16.7. The molecule has 4 aromatic rings. The lowest BCUT2D eigenvalue weighted by atomic mass is 10.1. The van der Waals surface area contributed by atoms with Gasteiger partial charge in [0.2, 0.25) is 5.91 Å². The Morgan fingerprint density at radius 2 is 1.93 bits per heavy atom. The maximum Gasteiger partial charge on any atom is 0.234 e. The predicted molar refractivity (Wildman–Crippen MR) is 114 cm³/mol. The number of halogens is 2. The van der Waals surface area contributed by atoms with E-state index in [1.165, 1.54) is 41.6 Å². The summed E-state index contributed by atoms with van der Waals surface area (Å²) in [6.07, 6.45) is 1.49. The number of thiophene rings is 1. The van der Waals surface area contributed by atoms with Gasteiger partial charge in [-0.2, -0.15) is 0 Å². The van der Waals surface area contributed by atoms with E-state index in [1.54, 1.807) is 12.1 Å². The maximum atomic E-state index is 13.7. The first-order valence-electron chi connectivity index (χ1n) is 8.27. The van der Waals surface area contributed by atoms with Gasteiger partial charge < -0.3 is 5.32 Å². The van der Waals surface area contributed by atoms with Crippen molar-refractivity contribution in [2.24, 2.45) is 0 Å². The molecule has 2 aromatic carbocycles. The van der Waals surface area contributed by atoms with Crippen molar-refractivity contribution < 1.29 is 9.18 Å². The van der Waals surface area contributed by atoms with Crippen LogP contribution in [0, 0.1) is 5.82 Å². The molecule has 0 aliphatic heterocycles. The lowest BCUT2D eigenvalue weighted by Crippen LogP contribution is -2.15. The minimum absolute atomic E-state index is 0.107. The number of nitrogens with one attached hydrogen (secondary N) is 1. The smallest absolute Gasteiger partial charge is 0.234 e. The van der Waals surface area contributed by atoms with Crippen molar-refractivity contribution in [1.82, 2.24) is 9.97 Å². The highest BCUT2D eigenvalue weighted by Crippen LogP contribution is 2.38. The van der Waals surface area contributed by atoms with Crippen LogP contribution in [-0.4, -0.2) is 21.6 Å². The summed E-state index contributed by atoms with van der Waals surface area (Å²) in [5.74, 6) is -0.658. The molecule has 0 unspecified atom stereocenters. The van der Waals surface area contributed by atoms with Crippen molar-refractivity contribution in [3.05, 3.63) is 71.1 Å². The molecule has 0 fully saturated rings. The standard InChI is InChI=1S/C20H13ClFN3OS2/c21-13-7-5-12(6-8-13)14-9-27-19-18(14)20(24-11-23-19)28-10-17(26)25-16-4-2-1-3-15(16)22/h1-9,11H,10H2,(H,25,26). The average molecular weight is 430 g/mol. The molecule has 8 heteroatoms. The van der Waals surface area contributed by atoms with Gasteiger partial charge in [-0.05, 0) is 29.8 Å². The number of nitrogens with zero attached hydrogens (tertiary/aromatic N) is 2. The number of hydrogen-bond acceptors (Lipinski definition) is 5. The van der Waals surface area contributed by atoms with Crippen LogP contribution in [0.4, 0.5) is 10.1 Å². The number of anilines is 1. The zero-order valence-electron chi connectivity index (χ0n) is 14.4. The van der Waals surface area contributed by atoms with Gasteiger partial charge in [-0.25, -0.2) is 14.4 Å². The van der Waals surface area contributed by atoms with Crippen LogP contribution in [-0.2, 0) is 4.79 Å². The quantitative estimate of drug-likeness (QED) is 0.318. The number of hydrogen-bond donors (Lipinski definition) is 1. The Kier molecular flexibility index (Phi) is 5.57. The van der Waals surface area contributed by atoms with Crippen LogP contribution in [0.5, 0.6) is 0 Å². The van der Waals surface area contributed by atoms with Crippen molar-refractivity contribution in [1.29, 1.82) is 0 Å². The molecule has 0 radical (unpaired) electrons. The summed E-state index contributed by atoms with van der Waals surface area (Å²) in [5.41, 5.74) is 2.16. The van der Waals surface area contributed by atoms with Gasteiger partial charge in [0.15, 0.2) is 0 Å². The summed E-state index contributed by atoms with van der Waals surface area (Å²) in [6, 6.07) is 13.6. The number of aromatic nitrogens is 2. The van der Waals surface area contributed by atoms with Crippen molar-refractivity contribution in [2.75, 3.05) is 11.1 Å². The molecule has 2 aromatic heterocycles. The topological polar surface area (TPSA) is 54.9 Å². The van der Waals surface area contributed by atoms with Crippen LogP contribution in [0.3, 0.4) is 0 Å². The molecule has 1 amide bonds. The van der Waals surface area contributed by atoms with Crippen molar-refractivity contribution in [3.63, 3.8) is 0 Å². The summed E-state index contributed by atoms with van der Waals surface area (Å²) < 4.78 is 13.7. The highest BCUT2D eigenvalue weighted by atomic mass is 35.5. The third-order valence-corrected chi connectivity index (χ3v) is 6.11. The molecule has 0 aliphatic carbocycles. The number of fused-ring (bicyclic) bond motifs is 1. The maximum absolute atomic E-state index is 13.7. The normalized spacial score (nSPS) is 10.9. The molecule has 140 valence electrons. The summed E-state index contributed by atoms with van der Waals surface area (Å²) in [6.45, 7) is 0. The molecule has 28 heavy (non-hydrogen) atoms. The van der Waals surface area contributed by atoms with Crippen molar-refractivity contribution in [3.8, 4) is 11.1 Å². The number of carbonyl (C=O) groups is 1.